The summed E-state index contributed by atoms with van der Waals surface area (Å²) in [5.74, 6) is -2.90. The topological polar surface area (TPSA) is 138 Å². The standard InChI is InChI=1S/C8H15NO7S2/c1-6(2)7(10)9-8(3,4-17(11,12)13)5-18(14,15)16/h1,4-5H2,2-3H3,(H,9,10)(H,11,12,13)(H,14,15,16). The summed E-state index contributed by atoms with van der Waals surface area (Å²) < 4.78 is 60.6. The van der Waals surface area contributed by atoms with Crippen molar-refractivity contribution in [3.05, 3.63) is 12.2 Å². The number of nitrogens with one attached hydrogen (secondary N) is 1. The highest BCUT2D eigenvalue weighted by Crippen LogP contribution is 2.11. The van der Waals surface area contributed by atoms with Gasteiger partial charge in [-0.3, -0.25) is 13.9 Å². The Balaban J connectivity index is 5.29. The summed E-state index contributed by atoms with van der Waals surface area (Å²) in [6, 6.07) is 0. The maximum absolute atomic E-state index is 11.4. The fourth-order valence-corrected chi connectivity index (χ4v) is 3.39. The molecule has 0 bridgehead atoms. The Kier molecular flexibility index (Phi) is 5.06. The largest absolute Gasteiger partial charge is 0.345 e. The first kappa shape index (κ1) is 17.0. The van der Waals surface area contributed by atoms with E-state index in [2.05, 4.69) is 11.9 Å². The van der Waals surface area contributed by atoms with Gasteiger partial charge in [0.15, 0.2) is 0 Å². The Bertz CT molecular complexity index is 512. The summed E-state index contributed by atoms with van der Waals surface area (Å²) in [6.07, 6.45) is 0. The Morgan fingerprint density at radius 1 is 1.17 bits per heavy atom. The Hall–Kier alpha value is -0.970. The zero-order valence-corrected chi connectivity index (χ0v) is 11.5. The van der Waals surface area contributed by atoms with E-state index in [-0.39, 0.29) is 5.57 Å². The highest BCUT2D eigenvalue weighted by molar-refractivity contribution is 7.86. The molecule has 106 valence electrons. The quantitative estimate of drug-likeness (QED) is 0.432. The number of hydrogen-bond donors (Lipinski definition) is 3. The molecule has 0 heterocycles. The lowest BCUT2D eigenvalue weighted by Gasteiger charge is -2.28. The molecule has 0 saturated heterocycles. The highest BCUT2D eigenvalue weighted by atomic mass is 32.2. The third-order valence-corrected chi connectivity index (χ3v) is 3.81. The molecule has 0 saturated carbocycles. The average molecular weight is 301 g/mol. The van der Waals surface area contributed by atoms with Crippen LogP contribution in [0.25, 0.3) is 0 Å². The summed E-state index contributed by atoms with van der Waals surface area (Å²) in [6.45, 7) is 5.69. The van der Waals surface area contributed by atoms with Crippen molar-refractivity contribution in [3.63, 3.8) is 0 Å². The van der Waals surface area contributed by atoms with E-state index in [1.807, 2.05) is 0 Å². The van der Waals surface area contributed by atoms with Gasteiger partial charge in [0.25, 0.3) is 20.2 Å². The number of rotatable bonds is 6. The normalized spacial score (nSPS) is 13.1. The first-order valence-corrected chi connectivity index (χ1v) is 7.84. The molecule has 0 aliphatic rings. The molecular weight excluding hydrogens is 286 g/mol. The van der Waals surface area contributed by atoms with Crippen molar-refractivity contribution in [2.75, 3.05) is 11.5 Å². The van der Waals surface area contributed by atoms with Gasteiger partial charge in [0.1, 0.15) is 0 Å². The Morgan fingerprint density at radius 2 is 1.50 bits per heavy atom. The SMILES string of the molecule is C=C(C)C(=O)NC(C)(CS(=O)(=O)O)CS(=O)(=O)O. The number of amides is 1. The molecule has 0 unspecified atom stereocenters. The van der Waals surface area contributed by atoms with Crippen molar-refractivity contribution in [1.29, 1.82) is 0 Å². The van der Waals surface area contributed by atoms with Gasteiger partial charge in [0.05, 0.1) is 17.0 Å². The second-order valence-corrected chi connectivity index (χ2v) is 7.15. The third-order valence-electron chi connectivity index (χ3n) is 1.80. The van der Waals surface area contributed by atoms with E-state index < -0.39 is 43.2 Å². The van der Waals surface area contributed by atoms with Crippen LogP contribution in [-0.2, 0) is 25.0 Å². The minimum Gasteiger partial charge on any atom is -0.345 e. The highest BCUT2D eigenvalue weighted by Gasteiger charge is 2.36. The van der Waals surface area contributed by atoms with Crippen LogP contribution < -0.4 is 5.32 Å². The molecule has 1 amide bonds. The molecule has 0 aliphatic heterocycles. The van der Waals surface area contributed by atoms with Crippen molar-refractivity contribution in [3.8, 4) is 0 Å². The second kappa shape index (κ2) is 5.34. The number of carbonyl (C=O) groups is 1. The molecule has 0 aromatic heterocycles. The first-order valence-electron chi connectivity index (χ1n) is 4.62. The van der Waals surface area contributed by atoms with E-state index in [9.17, 15) is 21.6 Å². The van der Waals surface area contributed by atoms with Crippen molar-refractivity contribution in [2.24, 2.45) is 0 Å². The van der Waals surface area contributed by atoms with Crippen LogP contribution in [0.3, 0.4) is 0 Å². The van der Waals surface area contributed by atoms with Crippen LogP contribution in [0.1, 0.15) is 13.8 Å². The van der Waals surface area contributed by atoms with Crippen LogP contribution in [0.2, 0.25) is 0 Å². The maximum Gasteiger partial charge on any atom is 0.267 e. The molecule has 0 aliphatic carbocycles. The predicted octanol–water partition coefficient (Wildman–Crippen LogP) is -0.787. The Labute approximate surface area is 106 Å². The van der Waals surface area contributed by atoms with E-state index in [4.69, 9.17) is 9.11 Å². The minimum absolute atomic E-state index is 0.0203. The zero-order chi connectivity index (χ0) is 14.8. The van der Waals surface area contributed by atoms with Gasteiger partial charge >= 0.3 is 0 Å². The fraction of sp³-hybridized carbons (Fsp3) is 0.625. The monoisotopic (exact) mass is 301 g/mol. The lowest BCUT2D eigenvalue weighted by atomic mass is 10.1. The Morgan fingerprint density at radius 3 is 1.72 bits per heavy atom. The van der Waals surface area contributed by atoms with Gasteiger partial charge < -0.3 is 5.32 Å². The van der Waals surface area contributed by atoms with Gasteiger partial charge in [-0.05, 0) is 13.8 Å². The molecule has 3 N–H and O–H groups in total. The fourth-order valence-electron chi connectivity index (χ4n) is 1.30. The molecule has 0 radical (unpaired) electrons. The summed E-state index contributed by atoms with van der Waals surface area (Å²) in [5, 5.41) is 2.09. The summed E-state index contributed by atoms with van der Waals surface area (Å²) in [4.78, 5) is 11.4. The van der Waals surface area contributed by atoms with Gasteiger partial charge in [-0.25, -0.2) is 0 Å². The first-order chi connectivity index (χ1) is 7.74. The van der Waals surface area contributed by atoms with Gasteiger partial charge in [0, 0.05) is 5.57 Å². The molecule has 18 heavy (non-hydrogen) atoms. The molecule has 0 fully saturated rings. The van der Waals surface area contributed by atoms with Crippen molar-refractivity contribution >= 4 is 26.1 Å². The third kappa shape index (κ3) is 7.37. The van der Waals surface area contributed by atoms with Gasteiger partial charge in [0.2, 0.25) is 5.91 Å². The summed E-state index contributed by atoms with van der Waals surface area (Å²) in [5.41, 5.74) is -1.84. The van der Waals surface area contributed by atoms with E-state index in [0.717, 1.165) is 6.92 Å². The van der Waals surface area contributed by atoms with E-state index in [1.165, 1.54) is 6.92 Å². The van der Waals surface area contributed by atoms with Crippen LogP contribution >= 0.6 is 0 Å². The molecular formula is C8H15NO7S2. The van der Waals surface area contributed by atoms with Crippen molar-refractivity contribution in [1.82, 2.24) is 5.32 Å². The molecule has 0 rings (SSSR count). The molecule has 8 nitrogen and oxygen atoms in total. The smallest absolute Gasteiger partial charge is 0.267 e. The van der Waals surface area contributed by atoms with Gasteiger partial charge in [-0.15, -0.1) is 0 Å². The van der Waals surface area contributed by atoms with Crippen molar-refractivity contribution in [2.45, 2.75) is 19.4 Å². The molecule has 10 heteroatoms. The summed E-state index contributed by atoms with van der Waals surface area (Å²) >= 11 is 0. The molecule has 0 aromatic rings. The van der Waals surface area contributed by atoms with Crippen LogP contribution in [0.15, 0.2) is 12.2 Å². The number of hydrogen-bond acceptors (Lipinski definition) is 5. The van der Waals surface area contributed by atoms with E-state index in [0.29, 0.717) is 0 Å². The number of carbonyl (C=O) groups excluding carboxylic acids is 1. The lowest BCUT2D eigenvalue weighted by molar-refractivity contribution is -0.118. The predicted molar refractivity (Wildman–Crippen MR) is 64.2 cm³/mol. The maximum atomic E-state index is 11.4. The average Bonchev–Trinajstić information content (AvgIpc) is 1.93. The van der Waals surface area contributed by atoms with Crippen LogP contribution in [0.4, 0.5) is 0 Å². The molecule has 0 spiro atoms. The van der Waals surface area contributed by atoms with Crippen LogP contribution in [-0.4, -0.2) is 48.9 Å². The lowest BCUT2D eigenvalue weighted by Crippen LogP contribution is -2.55. The molecule has 0 atom stereocenters. The molecule has 0 aromatic carbocycles. The van der Waals surface area contributed by atoms with Crippen LogP contribution in [0, 0.1) is 0 Å². The van der Waals surface area contributed by atoms with Gasteiger partial charge in [-0.1, -0.05) is 6.58 Å². The van der Waals surface area contributed by atoms with E-state index in [1.54, 1.807) is 0 Å². The minimum atomic E-state index is -4.55. The van der Waals surface area contributed by atoms with Gasteiger partial charge in [-0.2, -0.15) is 16.8 Å². The second-order valence-electron chi connectivity index (χ2n) is 4.25. The van der Waals surface area contributed by atoms with Crippen LogP contribution in [0.5, 0.6) is 0 Å². The summed E-state index contributed by atoms with van der Waals surface area (Å²) in [7, 11) is -9.09. The zero-order valence-electron chi connectivity index (χ0n) is 9.87. The van der Waals surface area contributed by atoms with E-state index >= 15 is 0 Å². The van der Waals surface area contributed by atoms with Crippen molar-refractivity contribution < 1.29 is 30.7 Å².